The number of methoxy groups -OCH3 is 1. The molecule has 2 aliphatic heterocycles. The number of aromatic nitrogens is 1. The number of hydrogen-bond acceptors (Lipinski definition) is 5. The second kappa shape index (κ2) is 7.20. The number of para-hydroxylation sites is 1. The molecule has 0 radical (unpaired) electrons. The van der Waals surface area contributed by atoms with Crippen LogP contribution < -0.4 is 9.47 Å². The molecular weight excluding hydrogens is 420 g/mol. The summed E-state index contributed by atoms with van der Waals surface area (Å²) in [4.78, 5) is 31.1. The van der Waals surface area contributed by atoms with E-state index in [1.807, 2.05) is 49.4 Å². The Hall–Kier alpha value is -3.19. The van der Waals surface area contributed by atoms with Crippen LogP contribution in [0.15, 0.2) is 42.5 Å². The van der Waals surface area contributed by atoms with Gasteiger partial charge in [-0.15, -0.1) is 11.6 Å². The van der Waals surface area contributed by atoms with Crippen molar-refractivity contribution >= 4 is 34.4 Å². The Morgan fingerprint density at radius 3 is 2.77 bits per heavy atom. The molecule has 0 fully saturated rings. The fraction of sp³-hybridized carbons (Fsp3) is 0.304. The second-order valence-electron chi connectivity index (χ2n) is 7.80. The standard InChI is InChI=1S/C23H21ClN2O5/c1-23(13-7-8-18-19(9-13)31-12-30-18)21-15(14-5-3-4-6-16(14)25-21)10-17(22(28)29-2)26(23)20(27)11-24/h3-9,17,25H,10-12H2,1-2H3. The van der Waals surface area contributed by atoms with Crippen molar-refractivity contribution < 1.29 is 23.8 Å². The maximum atomic E-state index is 13.2. The molecule has 2 aromatic carbocycles. The van der Waals surface area contributed by atoms with E-state index < -0.39 is 17.6 Å². The number of H-pyrrole nitrogens is 1. The molecule has 8 heteroatoms. The highest BCUT2D eigenvalue weighted by atomic mass is 35.5. The summed E-state index contributed by atoms with van der Waals surface area (Å²) in [6, 6.07) is 12.6. The van der Waals surface area contributed by atoms with Gasteiger partial charge in [0.15, 0.2) is 11.5 Å². The van der Waals surface area contributed by atoms with Gasteiger partial charge in [-0.05, 0) is 36.2 Å². The summed E-state index contributed by atoms with van der Waals surface area (Å²) >= 11 is 6.01. The van der Waals surface area contributed by atoms with Crippen LogP contribution in [0.2, 0.25) is 0 Å². The summed E-state index contributed by atoms with van der Waals surface area (Å²) in [6.07, 6.45) is 0.328. The number of ether oxygens (including phenoxy) is 3. The van der Waals surface area contributed by atoms with Gasteiger partial charge in [-0.25, -0.2) is 4.79 Å². The van der Waals surface area contributed by atoms with E-state index in [1.54, 1.807) is 4.90 Å². The number of nitrogens with one attached hydrogen (secondary N) is 1. The number of nitrogens with zero attached hydrogens (tertiary/aromatic N) is 1. The average molecular weight is 441 g/mol. The molecule has 2 unspecified atom stereocenters. The number of benzene rings is 2. The molecule has 5 rings (SSSR count). The van der Waals surface area contributed by atoms with Gasteiger partial charge in [0.25, 0.3) is 0 Å². The van der Waals surface area contributed by atoms with Crippen LogP contribution in [-0.4, -0.2) is 47.6 Å². The van der Waals surface area contributed by atoms with E-state index in [4.69, 9.17) is 25.8 Å². The van der Waals surface area contributed by atoms with Gasteiger partial charge < -0.3 is 24.1 Å². The summed E-state index contributed by atoms with van der Waals surface area (Å²) in [5.41, 5.74) is 2.51. The van der Waals surface area contributed by atoms with Gasteiger partial charge in [-0.3, -0.25) is 4.79 Å². The van der Waals surface area contributed by atoms with Crippen molar-refractivity contribution in [2.24, 2.45) is 0 Å². The minimum absolute atomic E-state index is 0.141. The zero-order valence-electron chi connectivity index (χ0n) is 17.1. The molecule has 1 N–H and O–H groups in total. The van der Waals surface area contributed by atoms with Crippen molar-refractivity contribution in [3.05, 3.63) is 59.3 Å². The van der Waals surface area contributed by atoms with Crippen LogP contribution in [0.1, 0.15) is 23.7 Å². The lowest BCUT2D eigenvalue weighted by Crippen LogP contribution is -2.60. The Labute approximate surface area is 183 Å². The lowest BCUT2D eigenvalue weighted by molar-refractivity contribution is -0.157. The monoisotopic (exact) mass is 440 g/mol. The van der Waals surface area contributed by atoms with E-state index in [0.29, 0.717) is 17.9 Å². The summed E-state index contributed by atoms with van der Waals surface area (Å²) < 4.78 is 16.1. The Morgan fingerprint density at radius 1 is 1.23 bits per heavy atom. The smallest absolute Gasteiger partial charge is 0.328 e. The molecule has 160 valence electrons. The molecule has 0 bridgehead atoms. The molecule has 1 amide bonds. The van der Waals surface area contributed by atoms with Gasteiger partial charge in [-0.2, -0.15) is 0 Å². The Morgan fingerprint density at radius 2 is 2.00 bits per heavy atom. The number of rotatable bonds is 3. The number of halogens is 1. The molecule has 0 saturated carbocycles. The quantitative estimate of drug-likeness (QED) is 0.499. The van der Waals surface area contributed by atoms with Crippen molar-refractivity contribution in [2.75, 3.05) is 19.8 Å². The SMILES string of the molecule is COC(=O)C1Cc2c([nH]c3ccccc23)C(C)(c2ccc3c(c2)OCO3)N1C(=O)CCl. The first-order valence-electron chi connectivity index (χ1n) is 9.95. The fourth-order valence-electron chi connectivity index (χ4n) is 4.84. The van der Waals surface area contributed by atoms with E-state index in [0.717, 1.165) is 27.7 Å². The van der Waals surface area contributed by atoms with Crippen LogP contribution in [0, 0.1) is 0 Å². The van der Waals surface area contributed by atoms with Crippen LogP contribution >= 0.6 is 11.6 Å². The summed E-state index contributed by atoms with van der Waals surface area (Å²) in [7, 11) is 1.33. The van der Waals surface area contributed by atoms with Crippen molar-refractivity contribution in [3.63, 3.8) is 0 Å². The number of aromatic amines is 1. The minimum atomic E-state index is -1.02. The number of esters is 1. The summed E-state index contributed by atoms with van der Waals surface area (Å²) in [6.45, 7) is 2.06. The van der Waals surface area contributed by atoms with E-state index in [-0.39, 0.29) is 18.6 Å². The Kier molecular flexibility index (Phi) is 4.59. The van der Waals surface area contributed by atoms with Crippen molar-refractivity contribution in [2.45, 2.75) is 24.9 Å². The van der Waals surface area contributed by atoms with Gasteiger partial charge >= 0.3 is 5.97 Å². The zero-order valence-corrected chi connectivity index (χ0v) is 17.9. The fourth-order valence-corrected chi connectivity index (χ4v) is 4.97. The molecule has 2 aliphatic rings. The van der Waals surface area contributed by atoms with Crippen LogP contribution in [0.3, 0.4) is 0 Å². The summed E-state index contributed by atoms with van der Waals surface area (Å²) in [5, 5.41) is 1.01. The van der Waals surface area contributed by atoms with Crippen LogP contribution in [0.4, 0.5) is 0 Å². The molecule has 3 heterocycles. The molecule has 0 saturated heterocycles. The maximum absolute atomic E-state index is 13.2. The van der Waals surface area contributed by atoms with Crippen molar-refractivity contribution in [3.8, 4) is 11.5 Å². The Bertz CT molecular complexity index is 1210. The average Bonchev–Trinajstić information content (AvgIpc) is 3.42. The van der Waals surface area contributed by atoms with Gasteiger partial charge in [0.2, 0.25) is 12.7 Å². The number of fused-ring (bicyclic) bond motifs is 4. The van der Waals surface area contributed by atoms with Gasteiger partial charge in [0.1, 0.15) is 17.5 Å². The van der Waals surface area contributed by atoms with Gasteiger partial charge in [0, 0.05) is 23.0 Å². The van der Waals surface area contributed by atoms with E-state index in [1.165, 1.54) is 7.11 Å². The molecule has 0 spiro atoms. The largest absolute Gasteiger partial charge is 0.467 e. The first kappa shape index (κ1) is 19.8. The van der Waals surface area contributed by atoms with Crippen LogP contribution in [0.5, 0.6) is 11.5 Å². The first-order chi connectivity index (χ1) is 15.0. The highest BCUT2D eigenvalue weighted by Gasteiger charge is 2.51. The zero-order chi connectivity index (χ0) is 21.8. The minimum Gasteiger partial charge on any atom is -0.467 e. The predicted octanol–water partition coefficient (Wildman–Crippen LogP) is 3.33. The number of carbonyl (C=O) groups is 2. The van der Waals surface area contributed by atoms with Crippen molar-refractivity contribution in [1.82, 2.24) is 9.88 Å². The van der Waals surface area contributed by atoms with E-state index >= 15 is 0 Å². The highest BCUT2D eigenvalue weighted by molar-refractivity contribution is 6.27. The molecule has 31 heavy (non-hydrogen) atoms. The molecule has 1 aromatic heterocycles. The third kappa shape index (κ3) is 2.80. The van der Waals surface area contributed by atoms with Crippen molar-refractivity contribution in [1.29, 1.82) is 0 Å². The molecule has 3 aromatic rings. The van der Waals surface area contributed by atoms with E-state index in [9.17, 15) is 9.59 Å². The predicted molar refractivity (Wildman–Crippen MR) is 114 cm³/mol. The third-order valence-electron chi connectivity index (χ3n) is 6.28. The number of carbonyl (C=O) groups excluding carboxylic acids is 2. The van der Waals surface area contributed by atoms with E-state index in [2.05, 4.69) is 4.98 Å². The first-order valence-corrected chi connectivity index (χ1v) is 10.5. The maximum Gasteiger partial charge on any atom is 0.328 e. The normalized spacial score (nSPS) is 21.8. The van der Waals surface area contributed by atoms with Gasteiger partial charge in [0.05, 0.1) is 7.11 Å². The Balaban J connectivity index is 1.81. The number of amides is 1. The lowest BCUT2D eigenvalue weighted by Gasteiger charge is -2.48. The highest BCUT2D eigenvalue weighted by Crippen LogP contribution is 2.47. The molecule has 7 nitrogen and oxygen atoms in total. The number of hydrogen-bond donors (Lipinski definition) is 1. The second-order valence-corrected chi connectivity index (χ2v) is 8.07. The van der Waals surface area contributed by atoms with Crippen LogP contribution in [-0.2, 0) is 26.3 Å². The van der Waals surface area contributed by atoms with Crippen LogP contribution in [0.25, 0.3) is 10.9 Å². The summed E-state index contributed by atoms with van der Waals surface area (Å²) in [5.74, 6) is 0.126. The molecule has 0 aliphatic carbocycles. The number of alkyl halides is 1. The molecule has 2 atom stereocenters. The third-order valence-corrected chi connectivity index (χ3v) is 6.51. The molecular formula is C23H21ClN2O5. The lowest BCUT2D eigenvalue weighted by atomic mass is 9.77. The van der Waals surface area contributed by atoms with Gasteiger partial charge in [-0.1, -0.05) is 24.3 Å². The topological polar surface area (TPSA) is 80.9 Å².